The SMILES string of the molecule is C=CCc1ccc(OCCN[C@H](C)Cc2cc3c(c(C(N)=O)c2)N(CCCO)CC3)c(OCC2CC2)c1. The molecule has 1 atom stereocenters. The summed E-state index contributed by atoms with van der Waals surface area (Å²) >= 11 is 0. The van der Waals surface area contributed by atoms with Gasteiger partial charge in [0.05, 0.1) is 17.9 Å². The van der Waals surface area contributed by atoms with E-state index >= 15 is 0 Å². The normalized spacial score (nSPS) is 15.4. The van der Waals surface area contributed by atoms with E-state index in [0.29, 0.717) is 31.1 Å². The van der Waals surface area contributed by atoms with Crippen molar-refractivity contribution in [3.05, 3.63) is 65.2 Å². The fourth-order valence-corrected chi connectivity index (χ4v) is 4.94. The number of nitrogens with two attached hydrogens (primary N) is 1. The van der Waals surface area contributed by atoms with Crippen molar-refractivity contribution in [3.63, 3.8) is 0 Å². The lowest BCUT2D eigenvalue weighted by Crippen LogP contribution is -2.32. The predicted molar refractivity (Wildman–Crippen MR) is 148 cm³/mol. The van der Waals surface area contributed by atoms with Crippen molar-refractivity contribution in [3.8, 4) is 11.5 Å². The molecule has 1 aliphatic heterocycles. The van der Waals surface area contributed by atoms with Gasteiger partial charge in [-0.2, -0.15) is 0 Å². The highest BCUT2D eigenvalue weighted by Gasteiger charge is 2.26. The van der Waals surface area contributed by atoms with Gasteiger partial charge in [-0.3, -0.25) is 4.79 Å². The quantitative estimate of drug-likeness (QED) is 0.237. The molecule has 7 nitrogen and oxygen atoms in total. The van der Waals surface area contributed by atoms with Gasteiger partial charge < -0.3 is 30.5 Å². The van der Waals surface area contributed by atoms with Crippen LogP contribution in [0.2, 0.25) is 0 Å². The number of primary amides is 1. The van der Waals surface area contributed by atoms with E-state index in [1.807, 2.05) is 18.2 Å². The molecular formula is C30H41N3O4. The van der Waals surface area contributed by atoms with E-state index in [1.165, 1.54) is 24.0 Å². The van der Waals surface area contributed by atoms with Crippen molar-refractivity contribution < 1.29 is 19.4 Å². The average Bonchev–Trinajstić information content (AvgIpc) is 3.63. The highest BCUT2D eigenvalue weighted by molar-refractivity contribution is 6.00. The van der Waals surface area contributed by atoms with Gasteiger partial charge in [0.1, 0.15) is 6.61 Å². The molecule has 1 fully saturated rings. The minimum atomic E-state index is -0.401. The maximum Gasteiger partial charge on any atom is 0.250 e. The van der Waals surface area contributed by atoms with Crippen LogP contribution >= 0.6 is 0 Å². The third-order valence-corrected chi connectivity index (χ3v) is 7.02. The van der Waals surface area contributed by atoms with Crippen molar-refractivity contribution in [2.24, 2.45) is 11.7 Å². The number of nitrogens with one attached hydrogen (secondary N) is 1. The maximum absolute atomic E-state index is 12.2. The number of carbonyl (C=O) groups is 1. The summed E-state index contributed by atoms with van der Waals surface area (Å²) in [6, 6.07) is 10.4. The summed E-state index contributed by atoms with van der Waals surface area (Å²) in [5, 5.41) is 12.7. The van der Waals surface area contributed by atoms with Crippen LogP contribution in [0.4, 0.5) is 5.69 Å². The van der Waals surface area contributed by atoms with Gasteiger partial charge in [0.2, 0.25) is 0 Å². The molecule has 1 aliphatic carbocycles. The van der Waals surface area contributed by atoms with Gasteiger partial charge in [0, 0.05) is 32.3 Å². The van der Waals surface area contributed by atoms with Crippen LogP contribution < -0.4 is 25.4 Å². The summed E-state index contributed by atoms with van der Waals surface area (Å²) in [5.41, 5.74) is 10.7. The second-order valence-electron chi connectivity index (χ2n) is 10.3. The molecular weight excluding hydrogens is 466 g/mol. The average molecular weight is 508 g/mol. The Kier molecular flexibility index (Phi) is 9.47. The summed E-state index contributed by atoms with van der Waals surface area (Å²) in [4.78, 5) is 14.4. The molecule has 0 spiro atoms. The van der Waals surface area contributed by atoms with E-state index in [0.717, 1.165) is 61.7 Å². The van der Waals surface area contributed by atoms with Gasteiger partial charge in [-0.05, 0) is 86.3 Å². The van der Waals surface area contributed by atoms with Crippen LogP contribution in [0.25, 0.3) is 0 Å². The molecule has 37 heavy (non-hydrogen) atoms. The third-order valence-electron chi connectivity index (χ3n) is 7.02. The van der Waals surface area contributed by atoms with Crippen LogP contribution in [0.15, 0.2) is 43.0 Å². The number of hydrogen-bond donors (Lipinski definition) is 3. The Morgan fingerprint density at radius 3 is 2.81 bits per heavy atom. The number of ether oxygens (including phenoxy) is 2. The molecule has 4 rings (SSSR count). The second-order valence-corrected chi connectivity index (χ2v) is 10.3. The van der Waals surface area contributed by atoms with E-state index in [4.69, 9.17) is 15.2 Å². The number of amides is 1. The van der Waals surface area contributed by atoms with E-state index in [-0.39, 0.29) is 12.6 Å². The van der Waals surface area contributed by atoms with Gasteiger partial charge in [-0.1, -0.05) is 18.2 Å². The molecule has 7 heteroatoms. The van der Waals surface area contributed by atoms with Crippen molar-refractivity contribution >= 4 is 11.6 Å². The maximum atomic E-state index is 12.2. The van der Waals surface area contributed by atoms with Crippen LogP contribution in [-0.4, -0.2) is 56.5 Å². The van der Waals surface area contributed by atoms with Gasteiger partial charge in [0.15, 0.2) is 11.5 Å². The molecule has 0 saturated heterocycles. The van der Waals surface area contributed by atoms with Crippen molar-refractivity contribution in [1.82, 2.24) is 5.32 Å². The number of nitrogens with zero attached hydrogens (tertiary/aromatic N) is 1. The van der Waals surface area contributed by atoms with Gasteiger partial charge >= 0.3 is 0 Å². The number of rotatable bonds is 16. The zero-order chi connectivity index (χ0) is 26.2. The smallest absolute Gasteiger partial charge is 0.250 e. The fourth-order valence-electron chi connectivity index (χ4n) is 4.94. The van der Waals surface area contributed by atoms with Crippen molar-refractivity contribution in [2.45, 2.75) is 51.5 Å². The molecule has 1 heterocycles. The number of aliphatic hydroxyl groups excluding tert-OH is 1. The first-order chi connectivity index (χ1) is 18.0. The monoisotopic (exact) mass is 507 g/mol. The summed E-state index contributed by atoms with van der Waals surface area (Å²) < 4.78 is 12.1. The lowest BCUT2D eigenvalue weighted by molar-refractivity contribution is 0.100. The number of carbonyl (C=O) groups excluding carboxylic acids is 1. The molecule has 2 aromatic carbocycles. The number of fused-ring (bicyclic) bond motifs is 1. The van der Waals surface area contributed by atoms with Crippen LogP contribution in [0.1, 0.15) is 53.2 Å². The van der Waals surface area contributed by atoms with Crippen molar-refractivity contribution in [1.29, 1.82) is 0 Å². The highest BCUT2D eigenvalue weighted by atomic mass is 16.5. The standard InChI is InChI=1S/C30H41N3O4/c1-3-5-22-8-9-27(28(19-22)37-20-23-6-7-23)36-15-11-32-21(2)16-24-17-25-10-13-33(12-4-14-34)29(25)26(18-24)30(31)35/h3,8-9,17-19,21,23,32,34H,1,4-7,10-16,20H2,2H3,(H2,31,35)/t21-/m1/s1. The van der Waals surface area contributed by atoms with E-state index in [9.17, 15) is 9.90 Å². The summed E-state index contributed by atoms with van der Waals surface area (Å²) in [6.07, 6.45) is 7.55. The third kappa shape index (κ3) is 7.49. The molecule has 1 saturated carbocycles. The predicted octanol–water partition coefficient (Wildman–Crippen LogP) is 3.65. The van der Waals surface area contributed by atoms with Crippen LogP contribution in [0.3, 0.4) is 0 Å². The highest BCUT2D eigenvalue weighted by Crippen LogP contribution is 2.35. The number of benzene rings is 2. The Morgan fingerprint density at radius 2 is 2.08 bits per heavy atom. The number of aliphatic hydroxyl groups is 1. The molecule has 0 aromatic heterocycles. The zero-order valence-electron chi connectivity index (χ0n) is 22.0. The Labute approximate surface area is 220 Å². The topological polar surface area (TPSA) is 97.0 Å². The fraction of sp³-hybridized carbons (Fsp3) is 0.500. The number of allylic oxidation sites excluding steroid dienone is 1. The summed E-state index contributed by atoms with van der Waals surface area (Å²) in [5.74, 6) is 1.86. The molecule has 0 unspecified atom stereocenters. The first-order valence-corrected chi connectivity index (χ1v) is 13.5. The molecule has 0 radical (unpaired) electrons. The Balaban J connectivity index is 1.30. The Bertz CT molecular complexity index is 1080. The minimum absolute atomic E-state index is 0.137. The molecule has 200 valence electrons. The van der Waals surface area contributed by atoms with Gasteiger partial charge in [-0.15, -0.1) is 6.58 Å². The summed E-state index contributed by atoms with van der Waals surface area (Å²) in [7, 11) is 0. The number of hydrogen-bond acceptors (Lipinski definition) is 6. The van der Waals surface area contributed by atoms with Gasteiger partial charge in [-0.25, -0.2) is 0 Å². The molecule has 0 bridgehead atoms. The first kappa shape index (κ1) is 27.0. The van der Waals surface area contributed by atoms with E-state index in [1.54, 1.807) is 0 Å². The van der Waals surface area contributed by atoms with Crippen LogP contribution in [0, 0.1) is 5.92 Å². The van der Waals surface area contributed by atoms with E-state index in [2.05, 4.69) is 41.9 Å². The number of anilines is 1. The molecule has 2 aromatic rings. The van der Waals surface area contributed by atoms with Crippen molar-refractivity contribution in [2.75, 3.05) is 44.4 Å². The Hall–Kier alpha value is -3.03. The summed E-state index contributed by atoms with van der Waals surface area (Å²) in [6.45, 7) is 9.66. The van der Waals surface area contributed by atoms with E-state index < -0.39 is 5.91 Å². The minimum Gasteiger partial charge on any atom is -0.489 e. The largest absolute Gasteiger partial charge is 0.489 e. The molecule has 1 amide bonds. The van der Waals surface area contributed by atoms with Crippen LogP contribution in [-0.2, 0) is 19.3 Å². The second kappa shape index (κ2) is 13.0. The molecule has 4 N–H and O–H groups in total. The lowest BCUT2D eigenvalue weighted by Gasteiger charge is -2.22. The molecule has 2 aliphatic rings. The first-order valence-electron chi connectivity index (χ1n) is 13.5. The lowest BCUT2D eigenvalue weighted by atomic mass is 9.98. The Morgan fingerprint density at radius 1 is 1.24 bits per heavy atom. The zero-order valence-corrected chi connectivity index (χ0v) is 22.0. The van der Waals surface area contributed by atoms with Gasteiger partial charge in [0.25, 0.3) is 5.91 Å². The van der Waals surface area contributed by atoms with Crippen LogP contribution in [0.5, 0.6) is 11.5 Å².